The number of nitrogens with one attached hydrogen (secondary N) is 1. The van der Waals surface area contributed by atoms with Crippen molar-refractivity contribution in [2.75, 3.05) is 0 Å². The highest BCUT2D eigenvalue weighted by Crippen LogP contribution is 2.33. The van der Waals surface area contributed by atoms with Crippen LogP contribution in [0.25, 0.3) is 40.2 Å². The predicted octanol–water partition coefficient (Wildman–Crippen LogP) is 8.07. The lowest BCUT2D eigenvalue weighted by atomic mass is 9.93. The summed E-state index contributed by atoms with van der Waals surface area (Å²) >= 11 is 0. The van der Waals surface area contributed by atoms with Gasteiger partial charge in [-0.2, -0.15) is 0 Å². The van der Waals surface area contributed by atoms with Crippen LogP contribution >= 0.6 is 0 Å². The molecular formula is C39H34N4. The van der Waals surface area contributed by atoms with Gasteiger partial charge in [0.1, 0.15) is 0 Å². The molecule has 0 radical (unpaired) electrons. The van der Waals surface area contributed by atoms with Crippen LogP contribution in [-0.4, -0.2) is 9.97 Å². The lowest BCUT2D eigenvalue weighted by Gasteiger charge is -2.20. The third kappa shape index (κ3) is 5.43. The van der Waals surface area contributed by atoms with Crippen molar-refractivity contribution in [3.63, 3.8) is 0 Å². The Balaban J connectivity index is 1.35. The first-order valence-corrected chi connectivity index (χ1v) is 15.1. The van der Waals surface area contributed by atoms with E-state index < -0.39 is 0 Å². The topological polar surface area (TPSA) is 63.8 Å². The lowest BCUT2D eigenvalue weighted by molar-refractivity contribution is 0.985. The third-order valence-electron chi connectivity index (χ3n) is 8.57. The fraction of sp³-hybridized carbons (Fsp3) is 0.179. The van der Waals surface area contributed by atoms with Crippen LogP contribution in [0.4, 0.5) is 0 Å². The van der Waals surface area contributed by atoms with E-state index in [9.17, 15) is 0 Å². The second-order valence-electron chi connectivity index (χ2n) is 11.3. The molecule has 3 N–H and O–H groups in total. The molecule has 1 aliphatic heterocycles. The van der Waals surface area contributed by atoms with E-state index in [1.54, 1.807) is 6.20 Å². The number of nitrogens with zero attached hydrogens (tertiary/aromatic N) is 2. The first-order chi connectivity index (χ1) is 21.2. The van der Waals surface area contributed by atoms with Crippen LogP contribution in [0.5, 0.6) is 0 Å². The van der Waals surface area contributed by atoms with Gasteiger partial charge in [0.25, 0.3) is 0 Å². The average Bonchev–Trinajstić information content (AvgIpc) is 3.04. The number of dihydropyridines is 1. The van der Waals surface area contributed by atoms with Crippen LogP contribution in [0.1, 0.15) is 60.7 Å². The number of benzene rings is 2. The smallest absolute Gasteiger partial charge is 0.162 e. The summed E-state index contributed by atoms with van der Waals surface area (Å²) < 4.78 is 0. The van der Waals surface area contributed by atoms with E-state index in [0.29, 0.717) is 5.82 Å². The highest BCUT2D eigenvalue weighted by Gasteiger charge is 2.19. The molecule has 7 rings (SSSR count). The van der Waals surface area contributed by atoms with E-state index in [2.05, 4.69) is 115 Å². The van der Waals surface area contributed by atoms with Crippen LogP contribution in [0.3, 0.4) is 0 Å². The molecule has 0 spiro atoms. The van der Waals surface area contributed by atoms with E-state index in [4.69, 9.17) is 15.7 Å². The molecule has 4 heteroatoms. The van der Waals surface area contributed by atoms with Gasteiger partial charge in [-0.1, -0.05) is 72.6 Å². The molecule has 0 atom stereocenters. The Labute approximate surface area is 253 Å². The predicted molar refractivity (Wildman–Crippen MR) is 178 cm³/mol. The van der Waals surface area contributed by atoms with Gasteiger partial charge in [0.15, 0.2) is 5.82 Å². The highest BCUT2D eigenvalue weighted by molar-refractivity contribution is 5.80. The molecule has 3 aromatic rings. The maximum absolute atomic E-state index is 6.36. The summed E-state index contributed by atoms with van der Waals surface area (Å²) in [6.45, 7) is 2.08. The Hall–Kier alpha value is -5.14. The zero-order valence-electron chi connectivity index (χ0n) is 24.5. The second-order valence-corrected chi connectivity index (χ2v) is 11.3. The fourth-order valence-electron chi connectivity index (χ4n) is 6.09. The van der Waals surface area contributed by atoms with Crippen LogP contribution in [0, 0.1) is 11.8 Å². The molecule has 0 bridgehead atoms. The van der Waals surface area contributed by atoms with Gasteiger partial charge in [0.05, 0.1) is 11.4 Å². The van der Waals surface area contributed by atoms with E-state index in [1.807, 2.05) is 0 Å². The number of rotatable bonds is 4. The molecule has 2 aromatic carbocycles. The minimum absolute atomic E-state index is 0.607. The Morgan fingerprint density at radius 1 is 0.837 bits per heavy atom. The van der Waals surface area contributed by atoms with Crippen molar-refractivity contribution in [1.29, 1.82) is 0 Å². The minimum atomic E-state index is 0.607. The SMILES string of the molecule is C/C(C(=CN)c1nc(-c2ccc3c(c2)C=CCC3)cc(-c2ccc3c(c2)C=CCC3)n1)=C1C=C2/C=C\CC#CCC2=CN\1. The zero-order valence-corrected chi connectivity index (χ0v) is 24.5. The van der Waals surface area contributed by atoms with Crippen molar-refractivity contribution < 1.29 is 0 Å². The van der Waals surface area contributed by atoms with Gasteiger partial charge < -0.3 is 11.1 Å². The van der Waals surface area contributed by atoms with Crippen molar-refractivity contribution in [2.24, 2.45) is 5.73 Å². The van der Waals surface area contributed by atoms with E-state index in [-0.39, 0.29) is 0 Å². The number of aromatic nitrogens is 2. The molecule has 4 aliphatic rings. The van der Waals surface area contributed by atoms with Crippen LogP contribution < -0.4 is 11.1 Å². The quantitative estimate of drug-likeness (QED) is 0.318. The maximum Gasteiger partial charge on any atom is 0.162 e. The molecule has 2 heterocycles. The summed E-state index contributed by atoms with van der Waals surface area (Å²) in [5, 5.41) is 3.48. The normalized spacial score (nSPS) is 18.8. The molecule has 0 saturated heterocycles. The molecule has 0 saturated carbocycles. The van der Waals surface area contributed by atoms with E-state index in [1.165, 1.54) is 27.8 Å². The molecule has 4 nitrogen and oxygen atoms in total. The molecule has 43 heavy (non-hydrogen) atoms. The first kappa shape index (κ1) is 26.7. The molecule has 0 amide bonds. The average molecular weight is 559 g/mol. The van der Waals surface area contributed by atoms with E-state index >= 15 is 0 Å². The molecule has 210 valence electrons. The van der Waals surface area contributed by atoms with Gasteiger partial charge in [-0.25, -0.2) is 9.97 Å². The molecule has 0 unspecified atom stereocenters. The largest absolute Gasteiger partial charge is 0.404 e. The second kappa shape index (κ2) is 11.6. The summed E-state index contributed by atoms with van der Waals surface area (Å²) in [4.78, 5) is 10.3. The van der Waals surface area contributed by atoms with Gasteiger partial charge >= 0.3 is 0 Å². The van der Waals surface area contributed by atoms with Crippen molar-refractivity contribution in [2.45, 2.75) is 45.4 Å². The van der Waals surface area contributed by atoms with Gasteiger partial charge in [0.2, 0.25) is 0 Å². The summed E-state index contributed by atoms with van der Waals surface area (Å²) in [5.41, 5.74) is 20.6. The van der Waals surface area contributed by atoms with Crippen molar-refractivity contribution in [3.8, 4) is 34.4 Å². The number of nitrogens with two attached hydrogens (primary N) is 1. The summed E-state index contributed by atoms with van der Waals surface area (Å²) in [6.07, 6.45) is 24.9. The lowest BCUT2D eigenvalue weighted by Crippen LogP contribution is -2.14. The Morgan fingerprint density at radius 2 is 1.51 bits per heavy atom. The fourth-order valence-corrected chi connectivity index (χ4v) is 6.09. The monoisotopic (exact) mass is 558 g/mol. The Kier molecular flexibility index (Phi) is 7.23. The number of fused-ring (bicyclic) bond motifs is 3. The molecule has 3 aliphatic carbocycles. The molecule has 0 fully saturated rings. The van der Waals surface area contributed by atoms with Crippen LogP contribution in [0.15, 0.2) is 108 Å². The summed E-state index contributed by atoms with van der Waals surface area (Å²) in [7, 11) is 0. The number of aryl methyl sites for hydroxylation is 2. The summed E-state index contributed by atoms with van der Waals surface area (Å²) in [6, 6.07) is 15.4. The van der Waals surface area contributed by atoms with Gasteiger partial charge in [0, 0.05) is 47.6 Å². The third-order valence-corrected chi connectivity index (χ3v) is 8.57. The van der Waals surface area contributed by atoms with Gasteiger partial charge in [-0.15, -0.1) is 0 Å². The van der Waals surface area contributed by atoms with Crippen LogP contribution in [0.2, 0.25) is 0 Å². The van der Waals surface area contributed by atoms with Crippen molar-refractivity contribution in [1.82, 2.24) is 15.3 Å². The van der Waals surface area contributed by atoms with Crippen molar-refractivity contribution >= 4 is 17.7 Å². The Morgan fingerprint density at radius 3 is 2.16 bits per heavy atom. The van der Waals surface area contributed by atoms with Gasteiger partial charge in [-0.3, -0.25) is 0 Å². The molecule has 1 aromatic heterocycles. The highest BCUT2D eigenvalue weighted by atomic mass is 14.9. The minimum Gasteiger partial charge on any atom is -0.404 e. The van der Waals surface area contributed by atoms with Gasteiger partial charge in [-0.05, 0) is 95.9 Å². The summed E-state index contributed by atoms with van der Waals surface area (Å²) in [5.74, 6) is 7.03. The molecular weight excluding hydrogens is 524 g/mol. The first-order valence-electron chi connectivity index (χ1n) is 15.1. The number of hydrogen-bond donors (Lipinski definition) is 2. The van der Waals surface area contributed by atoms with Crippen LogP contribution in [-0.2, 0) is 12.8 Å². The van der Waals surface area contributed by atoms with E-state index in [0.717, 1.165) is 83.5 Å². The maximum atomic E-state index is 6.36. The number of hydrogen-bond acceptors (Lipinski definition) is 4. The zero-order chi connectivity index (χ0) is 29.2. The van der Waals surface area contributed by atoms with Crippen molar-refractivity contribution in [3.05, 3.63) is 136 Å². The number of allylic oxidation sites excluding steroid dienone is 9. The Bertz CT molecular complexity index is 1830. The standard InChI is InChI=1S/C39H34N4/c1-26(36-22-31-12-4-2-3-5-15-34(31)25-41-36)35(24-40)39-42-37(32-18-16-27-10-6-8-13-29(27)20-32)23-38(43-39)33-19-17-28-11-7-9-14-30(28)21-33/h4,8-9,12-14,16-25,41H,2,6-7,10-11,15,40H2,1H3/b12-4-,35-24?,36-26-.